The van der Waals surface area contributed by atoms with Crippen LogP contribution < -0.4 is 14.9 Å². The quantitative estimate of drug-likeness (QED) is 0.452. The van der Waals surface area contributed by atoms with E-state index in [0.717, 1.165) is 0 Å². The molecule has 0 aliphatic heterocycles. The number of halogens is 1. The minimum Gasteiger partial charge on any atom is -0.493 e. The van der Waals surface area contributed by atoms with E-state index in [0.29, 0.717) is 16.2 Å². The van der Waals surface area contributed by atoms with Crippen LogP contribution in [0.1, 0.15) is 15.2 Å². The lowest BCUT2D eigenvalue weighted by Crippen LogP contribution is -2.16. The van der Waals surface area contributed by atoms with Gasteiger partial charge in [0.2, 0.25) is 0 Å². The molecule has 2 rings (SSSR count). The molecule has 2 aromatic rings. The molecule has 0 saturated heterocycles. The fourth-order valence-electron chi connectivity index (χ4n) is 1.77. The van der Waals surface area contributed by atoms with Crippen molar-refractivity contribution in [1.82, 2.24) is 5.43 Å². The van der Waals surface area contributed by atoms with Crippen molar-refractivity contribution in [1.29, 1.82) is 0 Å². The highest BCUT2D eigenvalue weighted by atomic mass is 35.5. The molecule has 132 valence electrons. The number of methoxy groups -OCH3 is 2. The minimum absolute atomic E-state index is 0.217. The van der Waals surface area contributed by atoms with Crippen molar-refractivity contribution >= 4 is 41.0 Å². The first kappa shape index (κ1) is 18.8. The van der Waals surface area contributed by atoms with Crippen LogP contribution in [0.25, 0.3) is 0 Å². The Balaban J connectivity index is 2.08. The van der Waals surface area contributed by atoms with E-state index in [1.807, 2.05) is 0 Å². The Morgan fingerprint density at radius 2 is 2.16 bits per heavy atom. The normalized spacial score (nSPS) is 10.5. The number of carbonyl (C=O) groups excluding carboxylic acids is 2. The largest absolute Gasteiger partial charge is 0.493 e. The van der Waals surface area contributed by atoms with Gasteiger partial charge in [0, 0.05) is 0 Å². The van der Waals surface area contributed by atoms with Gasteiger partial charge in [-0.15, -0.1) is 11.3 Å². The maximum absolute atomic E-state index is 11.8. The van der Waals surface area contributed by atoms with Crippen LogP contribution in [-0.4, -0.2) is 38.9 Å². The van der Waals surface area contributed by atoms with E-state index >= 15 is 0 Å². The third-order valence-electron chi connectivity index (χ3n) is 2.94. The first-order valence-corrected chi connectivity index (χ1v) is 8.25. The van der Waals surface area contributed by atoms with Crippen LogP contribution in [-0.2, 0) is 9.53 Å². The number of amides is 1. The molecule has 1 aromatic heterocycles. The number of benzene rings is 1. The zero-order chi connectivity index (χ0) is 18.2. The van der Waals surface area contributed by atoms with Gasteiger partial charge in [0.25, 0.3) is 5.91 Å². The van der Waals surface area contributed by atoms with Gasteiger partial charge in [-0.1, -0.05) is 17.7 Å². The Morgan fingerprint density at radius 1 is 1.36 bits per heavy atom. The predicted molar refractivity (Wildman–Crippen MR) is 94.9 cm³/mol. The fraction of sp³-hybridized carbons (Fsp3) is 0.188. The van der Waals surface area contributed by atoms with Crippen LogP contribution in [0.2, 0.25) is 5.02 Å². The number of hydrazone groups is 1. The molecule has 0 spiro atoms. The molecule has 0 aliphatic carbocycles. The van der Waals surface area contributed by atoms with Crippen LogP contribution >= 0.6 is 22.9 Å². The van der Waals surface area contributed by atoms with Gasteiger partial charge in [0.1, 0.15) is 0 Å². The second kappa shape index (κ2) is 9.05. The first-order chi connectivity index (χ1) is 12.0. The molecule has 7 nitrogen and oxygen atoms in total. The fourth-order valence-corrected chi connectivity index (χ4v) is 2.66. The SMILES string of the molecule is COC(=O)COc1c(Cl)cc(C=NNC(=O)c2cccs2)cc1OC. The number of nitrogens with one attached hydrogen (secondary N) is 1. The van der Waals surface area contributed by atoms with E-state index in [-0.39, 0.29) is 23.3 Å². The summed E-state index contributed by atoms with van der Waals surface area (Å²) in [6, 6.07) is 6.65. The molecule has 1 heterocycles. The van der Waals surface area contributed by atoms with Crippen molar-refractivity contribution in [3.05, 3.63) is 45.1 Å². The van der Waals surface area contributed by atoms with Crippen molar-refractivity contribution in [2.45, 2.75) is 0 Å². The highest BCUT2D eigenvalue weighted by Crippen LogP contribution is 2.36. The van der Waals surface area contributed by atoms with Gasteiger partial charge in [-0.2, -0.15) is 5.10 Å². The topological polar surface area (TPSA) is 86.2 Å². The lowest BCUT2D eigenvalue weighted by Gasteiger charge is -2.12. The van der Waals surface area contributed by atoms with Crippen LogP contribution in [0.5, 0.6) is 11.5 Å². The smallest absolute Gasteiger partial charge is 0.343 e. The molecule has 0 aliphatic rings. The molecule has 0 unspecified atom stereocenters. The Morgan fingerprint density at radius 3 is 2.80 bits per heavy atom. The van der Waals surface area contributed by atoms with Crippen LogP contribution in [0.3, 0.4) is 0 Å². The maximum atomic E-state index is 11.8. The predicted octanol–water partition coefficient (Wildman–Crippen LogP) is 2.73. The number of ether oxygens (including phenoxy) is 3. The van der Waals surface area contributed by atoms with E-state index in [2.05, 4.69) is 15.3 Å². The van der Waals surface area contributed by atoms with E-state index in [1.54, 1.807) is 29.6 Å². The second-order valence-corrected chi connectivity index (χ2v) is 5.93. The zero-order valence-corrected chi connectivity index (χ0v) is 15.0. The molecule has 1 amide bonds. The van der Waals surface area contributed by atoms with Crippen molar-refractivity contribution in [2.75, 3.05) is 20.8 Å². The van der Waals surface area contributed by atoms with Crippen LogP contribution in [0.4, 0.5) is 0 Å². The summed E-state index contributed by atoms with van der Waals surface area (Å²) in [6.45, 7) is -0.295. The van der Waals surface area contributed by atoms with E-state index in [9.17, 15) is 9.59 Å². The molecule has 1 N–H and O–H groups in total. The summed E-state index contributed by atoms with van der Waals surface area (Å²) < 4.78 is 15.0. The zero-order valence-electron chi connectivity index (χ0n) is 13.4. The van der Waals surface area contributed by atoms with Gasteiger partial charge in [-0.05, 0) is 29.1 Å². The van der Waals surface area contributed by atoms with Gasteiger partial charge < -0.3 is 14.2 Å². The summed E-state index contributed by atoms with van der Waals surface area (Å²) in [5.74, 6) is -0.306. The summed E-state index contributed by atoms with van der Waals surface area (Å²) in [5.41, 5.74) is 3.00. The molecular formula is C16H15ClN2O5S. The third-order valence-corrected chi connectivity index (χ3v) is 4.09. The molecule has 0 bridgehead atoms. The summed E-state index contributed by atoms with van der Waals surface area (Å²) in [6.07, 6.45) is 1.42. The number of carbonyl (C=O) groups is 2. The third kappa shape index (κ3) is 5.20. The van der Waals surface area contributed by atoms with Gasteiger partial charge in [0.05, 0.1) is 30.3 Å². The highest BCUT2D eigenvalue weighted by Gasteiger charge is 2.13. The first-order valence-electron chi connectivity index (χ1n) is 6.99. The molecule has 0 saturated carbocycles. The molecule has 0 fully saturated rings. The number of hydrogen-bond donors (Lipinski definition) is 1. The summed E-state index contributed by atoms with van der Waals surface area (Å²) in [7, 11) is 2.70. The van der Waals surface area contributed by atoms with E-state index in [4.69, 9.17) is 21.1 Å². The minimum atomic E-state index is -0.542. The van der Waals surface area contributed by atoms with Gasteiger partial charge in [-0.25, -0.2) is 10.2 Å². The van der Waals surface area contributed by atoms with E-state index < -0.39 is 5.97 Å². The molecule has 1 aromatic carbocycles. The average Bonchev–Trinajstić information content (AvgIpc) is 3.14. The summed E-state index contributed by atoms with van der Waals surface area (Å²) in [5, 5.41) is 5.92. The maximum Gasteiger partial charge on any atom is 0.343 e. The Labute approximate surface area is 153 Å². The Hall–Kier alpha value is -2.58. The second-order valence-electron chi connectivity index (χ2n) is 4.58. The molecule has 25 heavy (non-hydrogen) atoms. The monoisotopic (exact) mass is 382 g/mol. The van der Waals surface area contributed by atoms with Crippen molar-refractivity contribution in [3.8, 4) is 11.5 Å². The average molecular weight is 383 g/mol. The lowest BCUT2D eigenvalue weighted by atomic mass is 10.2. The summed E-state index contributed by atoms with van der Waals surface area (Å²) >= 11 is 7.47. The molecular weight excluding hydrogens is 368 g/mol. The molecule has 9 heteroatoms. The number of nitrogens with zero attached hydrogens (tertiary/aromatic N) is 1. The Kier molecular flexibility index (Phi) is 6.79. The molecule has 0 radical (unpaired) electrons. The lowest BCUT2D eigenvalue weighted by molar-refractivity contribution is -0.142. The highest BCUT2D eigenvalue weighted by molar-refractivity contribution is 7.12. The van der Waals surface area contributed by atoms with Crippen molar-refractivity contribution in [2.24, 2.45) is 5.10 Å². The van der Waals surface area contributed by atoms with E-state index in [1.165, 1.54) is 31.8 Å². The van der Waals surface area contributed by atoms with Crippen LogP contribution in [0, 0.1) is 0 Å². The van der Waals surface area contributed by atoms with Gasteiger partial charge in [-0.3, -0.25) is 4.79 Å². The standard InChI is InChI=1S/C16H15ClN2O5S/c1-22-12-7-10(6-11(17)15(12)24-9-14(20)23-2)8-18-19-16(21)13-4-3-5-25-13/h3-8H,9H2,1-2H3,(H,19,21). The number of rotatable bonds is 7. The number of esters is 1. The molecule has 0 atom stereocenters. The van der Waals surface area contributed by atoms with Crippen molar-refractivity contribution < 1.29 is 23.8 Å². The number of thiophene rings is 1. The Bertz CT molecular complexity index is 777. The number of hydrogen-bond acceptors (Lipinski definition) is 7. The van der Waals surface area contributed by atoms with Gasteiger partial charge >= 0.3 is 5.97 Å². The van der Waals surface area contributed by atoms with Gasteiger partial charge in [0.15, 0.2) is 18.1 Å². The summed E-state index contributed by atoms with van der Waals surface area (Å²) in [4.78, 5) is 23.5. The van der Waals surface area contributed by atoms with Crippen LogP contribution in [0.15, 0.2) is 34.7 Å². The van der Waals surface area contributed by atoms with Crippen molar-refractivity contribution in [3.63, 3.8) is 0 Å².